The lowest BCUT2D eigenvalue weighted by Crippen LogP contribution is -2.08. The lowest BCUT2D eigenvalue weighted by Gasteiger charge is -2.15. The Kier molecular flexibility index (Phi) is 4.69. The van der Waals surface area contributed by atoms with Crippen molar-refractivity contribution in [3.05, 3.63) is 63.7 Å². The highest BCUT2D eigenvalue weighted by atomic mass is 35.5. The minimum atomic E-state index is -0.108. The summed E-state index contributed by atoms with van der Waals surface area (Å²) in [5.41, 5.74) is 10.5. The smallest absolute Gasteiger partial charge is 0.124 e. The van der Waals surface area contributed by atoms with E-state index in [1.807, 2.05) is 25.1 Å². The molecule has 2 aromatic carbocycles. The molecular formula is C17H20ClNO. The quantitative estimate of drug-likeness (QED) is 0.896. The van der Waals surface area contributed by atoms with E-state index < -0.39 is 0 Å². The van der Waals surface area contributed by atoms with E-state index in [1.54, 1.807) is 0 Å². The normalized spacial score (nSPS) is 12.2. The molecule has 0 fully saturated rings. The van der Waals surface area contributed by atoms with Crippen LogP contribution in [0.15, 0.2) is 36.4 Å². The summed E-state index contributed by atoms with van der Waals surface area (Å²) in [5.74, 6) is 0.795. The zero-order valence-electron chi connectivity index (χ0n) is 12.1. The summed E-state index contributed by atoms with van der Waals surface area (Å²) in [6, 6.07) is 11.9. The molecule has 2 N–H and O–H groups in total. The summed E-state index contributed by atoms with van der Waals surface area (Å²) < 4.78 is 5.91. The summed E-state index contributed by atoms with van der Waals surface area (Å²) in [5, 5.41) is 0.677. The third-order valence-corrected chi connectivity index (χ3v) is 3.37. The Labute approximate surface area is 125 Å². The van der Waals surface area contributed by atoms with Gasteiger partial charge in [-0.25, -0.2) is 0 Å². The maximum atomic E-state index is 6.01. The number of rotatable bonds is 4. The van der Waals surface area contributed by atoms with Crippen LogP contribution in [0, 0.1) is 13.8 Å². The lowest BCUT2D eigenvalue weighted by atomic mass is 10.1. The molecule has 0 aliphatic carbocycles. The third-order valence-electron chi connectivity index (χ3n) is 3.14. The highest BCUT2D eigenvalue weighted by molar-refractivity contribution is 6.30. The predicted molar refractivity (Wildman–Crippen MR) is 84.3 cm³/mol. The summed E-state index contributed by atoms with van der Waals surface area (Å²) >= 11 is 6.01. The molecule has 0 aliphatic rings. The van der Waals surface area contributed by atoms with Gasteiger partial charge in [0.25, 0.3) is 0 Å². The fourth-order valence-electron chi connectivity index (χ4n) is 2.32. The van der Waals surface area contributed by atoms with Gasteiger partial charge in [0.15, 0.2) is 0 Å². The molecule has 0 spiro atoms. The maximum absolute atomic E-state index is 6.01. The molecule has 1 atom stereocenters. The molecule has 0 aliphatic heterocycles. The van der Waals surface area contributed by atoms with Crippen molar-refractivity contribution in [2.45, 2.75) is 33.4 Å². The molecule has 0 heterocycles. The summed E-state index contributed by atoms with van der Waals surface area (Å²) in [6.45, 7) is 6.64. The van der Waals surface area contributed by atoms with Crippen LogP contribution in [0.3, 0.4) is 0 Å². The van der Waals surface area contributed by atoms with Crippen molar-refractivity contribution in [1.29, 1.82) is 0 Å². The van der Waals surface area contributed by atoms with Crippen molar-refractivity contribution in [3.8, 4) is 5.75 Å². The van der Waals surface area contributed by atoms with Crippen LogP contribution in [-0.2, 0) is 6.61 Å². The predicted octanol–water partition coefficient (Wildman–Crippen LogP) is 4.56. The third kappa shape index (κ3) is 3.75. The average Bonchev–Trinajstić information content (AvgIpc) is 2.36. The second-order valence-corrected chi connectivity index (χ2v) is 5.69. The molecule has 3 heteroatoms. The minimum absolute atomic E-state index is 0.108. The monoisotopic (exact) mass is 289 g/mol. The summed E-state index contributed by atoms with van der Waals surface area (Å²) in [6.07, 6.45) is 0. The van der Waals surface area contributed by atoms with Crippen molar-refractivity contribution in [3.63, 3.8) is 0 Å². The van der Waals surface area contributed by atoms with Crippen molar-refractivity contribution in [1.82, 2.24) is 0 Å². The highest BCUT2D eigenvalue weighted by Gasteiger charge is 2.09. The molecule has 0 aromatic heterocycles. The standard InChI is InChI=1S/C17H20ClNO/c1-11-6-12(2)8-14(7-11)10-20-17-5-4-15(18)9-16(17)13(3)19/h4-9,13H,10,19H2,1-3H3/t13-/m1/s1. The number of benzene rings is 2. The van der Waals surface area contributed by atoms with Crippen LogP contribution >= 0.6 is 11.6 Å². The topological polar surface area (TPSA) is 35.2 Å². The van der Waals surface area contributed by atoms with Crippen LogP contribution in [0.5, 0.6) is 5.75 Å². The first-order valence-electron chi connectivity index (χ1n) is 6.70. The van der Waals surface area contributed by atoms with E-state index in [4.69, 9.17) is 22.1 Å². The van der Waals surface area contributed by atoms with Gasteiger partial charge in [0.1, 0.15) is 12.4 Å². The SMILES string of the molecule is Cc1cc(C)cc(COc2ccc(Cl)cc2[C@@H](C)N)c1. The first kappa shape index (κ1) is 14.9. The van der Waals surface area contributed by atoms with Gasteiger partial charge in [-0.2, -0.15) is 0 Å². The Morgan fingerprint density at radius 1 is 1.10 bits per heavy atom. The molecule has 2 nitrogen and oxygen atoms in total. The molecule has 0 amide bonds. The fraction of sp³-hybridized carbons (Fsp3) is 0.294. The van der Waals surface area contributed by atoms with Crippen LogP contribution in [0.4, 0.5) is 0 Å². The van der Waals surface area contributed by atoms with Crippen LogP contribution in [-0.4, -0.2) is 0 Å². The maximum Gasteiger partial charge on any atom is 0.124 e. The van der Waals surface area contributed by atoms with Crippen molar-refractivity contribution >= 4 is 11.6 Å². The van der Waals surface area contributed by atoms with Gasteiger partial charge < -0.3 is 10.5 Å². The van der Waals surface area contributed by atoms with Crippen LogP contribution < -0.4 is 10.5 Å². The van der Waals surface area contributed by atoms with Crippen LogP contribution in [0.2, 0.25) is 5.02 Å². The van der Waals surface area contributed by atoms with Gasteiger partial charge in [0, 0.05) is 16.6 Å². The number of hydrogen-bond acceptors (Lipinski definition) is 2. The number of ether oxygens (including phenoxy) is 1. The second-order valence-electron chi connectivity index (χ2n) is 5.26. The van der Waals surface area contributed by atoms with Gasteiger partial charge >= 0.3 is 0 Å². The van der Waals surface area contributed by atoms with Crippen molar-refractivity contribution in [2.75, 3.05) is 0 Å². The molecule has 0 saturated carbocycles. The highest BCUT2D eigenvalue weighted by Crippen LogP contribution is 2.28. The number of halogens is 1. The van der Waals surface area contributed by atoms with E-state index in [0.717, 1.165) is 16.9 Å². The van der Waals surface area contributed by atoms with Crippen LogP contribution in [0.1, 0.15) is 35.2 Å². The lowest BCUT2D eigenvalue weighted by molar-refractivity contribution is 0.301. The van der Waals surface area contributed by atoms with Crippen molar-refractivity contribution < 1.29 is 4.74 Å². The van der Waals surface area contributed by atoms with Gasteiger partial charge in [0.2, 0.25) is 0 Å². The Hall–Kier alpha value is -1.51. The molecule has 0 bridgehead atoms. The molecule has 0 saturated heterocycles. The molecule has 106 valence electrons. The molecule has 2 rings (SSSR count). The number of aryl methyl sites for hydroxylation is 2. The van der Waals surface area contributed by atoms with Gasteiger partial charge in [-0.05, 0) is 44.5 Å². The summed E-state index contributed by atoms with van der Waals surface area (Å²) in [4.78, 5) is 0. The Morgan fingerprint density at radius 2 is 1.75 bits per heavy atom. The van der Waals surface area contributed by atoms with E-state index in [0.29, 0.717) is 11.6 Å². The summed E-state index contributed by atoms with van der Waals surface area (Å²) in [7, 11) is 0. The van der Waals surface area contributed by atoms with Gasteiger partial charge in [0.05, 0.1) is 0 Å². The van der Waals surface area contributed by atoms with Crippen LogP contribution in [0.25, 0.3) is 0 Å². The van der Waals surface area contributed by atoms with E-state index in [1.165, 1.54) is 11.1 Å². The molecular weight excluding hydrogens is 270 g/mol. The molecule has 0 radical (unpaired) electrons. The van der Waals surface area contributed by atoms with E-state index in [-0.39, 0.29) is 6.04 Å². The Balaban J connectivity index is 2.18. The molecule has 0 unspecified atom stereocenters. The second kappa shape index (κ2) is 6.29. The minimum Gasteiger partial charge on any atom is -0.489 e. The zero-order valence-corrected chi connectivity index (χ0v) is 12.9. The number of nitrogens with two attached hydrogens (primary N) is 1. The van der Waals surface area contributed by atoms with E-state index in [9.17, 15) is 0 Å². The zero-order chi connectivity index (χ0) is 14.7. The first-order valence-corrected chi connectivity index (χ1v) is 7.08. The largest absolute Gasteiger partial charge is 0.489 e. The van der Waals surface area contributed by atoms with Crippen molar-refractivity contribution in [2.24, 2.45) is 5.73 Å². The fourth-order valence-corrected chi connectivity index (χ4v) is 2.50. The van der Waals surface area contributed by atoms with Gasteiger partial charge in [-0.1, -0.05) is 40.9 Å². The molecule has 2 aromatic rings. The first-order chi connectivity index (χ1) is 9.45. The van der Waals surface area contributed by atoms with Gasteiger partial charge in [-0.15, -0.1) is 0 Å². The average molecular weight is 290 g/mol. The van der Waals surface area contributed by atoms with E-state index in [2.05, 4.69) is 32.0 Å². The van der Waals surface area contributed by atoms with Gasteiger partial charge in [-0.3, -0.25) is 0 Å². The Bertz CT molecular complexity index is 588. The van der Waals surface area contributed by atoms with E-state index >= 15 is 0 Å². The number of hydrogen-bond donors (Lipinski definition) is 1. The molecule has 20 heavy (non-hydrogen) atoms. The Morgan fingerprint density at radius 3 is 2.35 bits per heavy atom.